The summed E-state index contributed by atoms with van der Waals surface area (Å²) in [6.07, 6.45) is 0.856. The summed E-state index contributed by atoms with van der Waals surface area (Å²) in [5.74, 6) is -0.348. The van der Waals surface area contributed by atoms with Gasteiger partial charge in [0.25, 0.3) is 5.56 Å². The molecule has 22 heavy (non-hydrogen) atoms. The number of rotatable bonds is 5. The van der Waals surface area contributed by atoms with Crippen LogP contribution in [0, 0.1) is 0 Å². The van der Waals surface area contributed by atoms with Gasteiger partial charge in [0, 0.05) is 31.0 Å². The third kappa shape index (κ3) is 6.78. The lowest BCUT2D eigenvalue weighted by molar-refractivity contribution is -0.121. The highest BCUT2D eigenvalue weighted by Gasteiger charge is 2.15. The zero-order chi connectivity index (χ0) is 16.8. The molecule has 1 aromatic heterocycles. The first-order chi connectivity index (χ1) is 10.2. The van der Waals surface area contributed by atoms with Crippen molar-refractivity contribution in [3.63, 3.8) is 0 Å². The smallest absolute Gasteiger partial charge is 0.407 e. The number of aromatic nitrogens is 1. The maximum atomic E-state index is 11.7. The molecule has 0 saturated heterocycles. The van der Waals surface area contributed by atoms with Gasteiger partial charge in [-0.15, -0.1) is 0 Å². The van der Waals surface area contributed by atoms with Crippen LogP contribution in [0.15, 0.2) is 23.1 Å². The Morgan fingerprint density at radius 3 is 2.50 bits per heavy atom. The molecule has 1 aromatic rings. The number of amides is 2. The minimum atomic E-state index is -0.568. The van der Waals surface area contributed by atoms with Crippen LogP contribution in [0.3, 0.4) is 0 Å². The van der Waals surface area contributed by atoms with Crippen molar-refractivity contribution in [3.8, 4) is 0 Å². The second-order valence-electron chi connectivity index (χ2n) is 5.71. The molecule has 0 unspecified atom stereocenters. The number of hydrogen-bond acceptors (Lipinski definition) is 5. The number of ether oxygens (including phenoxy) is 1. The summed E-state index contributed by atoms with van der Waals surface area (Å²) < 4.78 is 6.26. The number of nitrogens with one attached hydrogen (secondary N) is 2. The lowest BCUT2D eigenvalue weighted by atomic mass is 10.2. The average Bonchev–Trinajstić information content (AvgIpc) is 2.37. The second kappa shape index (κ2) is 7.48. The summed E-state index contributed by atoms with van der Waals surface area (Å²) in [4.78, 5) is 34.6. The predicted molar refractivity (Wildman–Crippen MR) is 82.4 cm³/mol. The maximum Gasteiger partial charge on any atom is 0.407 e. The summed E-state index contributed by atoms with van der Waals surface area (Å²) in [6, 6.07) is 2.77. The molecular formula is C14H22N4O4. The van der Waals surface area contributed by atoms with Gasteiger partial charge >= 0.3 is 6.09 Å². The summed E-state index contributed by atoms with van der Waals surface area (Å²) in [5, 5.41) is 5.10. The summed E-state index contributed by atoms with van der Waals surface area (Å²) in [6.45, 7) is 5.62. The molecule has 8 heteroatoms. The van der Waals surface area contributed by atoms with Gasteiger partial charge in [-0.3, -0.25) is 9.59 Å². The van der Waals surface area contributed by atoms with E-state index in [1.54, 1.807) is 20.8 Å². The molecule has 1 rings (SSSR count). The molecule has 4 N–H and O–H groups in total. The van der Waals surface area contributed by atoms with Crippen LogP contribution in [0.4, 0.5) is 10.5 Å². The van der Waals surface area contributed by atoms with E-state index in [1.807, 2.05) is 0 Å². The standard InChI is InChI=1S/C14H22N4O4/c1-14(2,3)22-13(21)17-7-6-16-11(19)9-18-8-10(15)4-5-12(18)20/h4-5,8H,6-7,9,15H2,1-3H3,(H,16,19)(H,17,21). The Labute approximate surface area is 128 Å². The van der Waals surface area contributed by atoms with Gasteiger partial charge in [0.15, 0.2) is 0 Å². The van der Waals surface area contributed by atoms with Gasteiger partial charge in [-0.25, -0.2) is 4.79 Å². The van der Waals surface area contributed by atoms with Crippen LogP contribution >= 0.6 is 0 Å². The average molecular weight is 310 g/mol. The van der Waals surface area contributed by atoms with Gasteiger partial charge in [-0.2, -0.15) is 0 Å². The number of carbonyl (C=O) groups is 2. The van der Waals surface area contributed by atoms with Gasteiger partial charge < -0.3 is 25.7 Å². The molecule has 0 radical (unpaired) electrons. The van der Waals surface area contributed by atoms with Crippen molar-refractivity contribution in [3.05, 3.63) is 28.7 Å². The number of hydrogen-bond donors (Lipinski definition) is 3. The first kappa shape index (κ1) is 17.5. The quantitative estimate of drug-likeness (QED) is 0.666. The molecule has 0 fully saturated rings. The molecule has 1 heterocycles. The molecule has 0 atom stereocenters. The van der Waals surface area contributed by atoms with Crippen LogP contribution in [0.5, 0.6) is 0 Å². The third-order valence-corrected chi connectivity index (χ3v) is 2.44. The number of nitrogens with two attached hydrogens (primary N) is 1. The number of anilines is 1. The van der Waals surface area contributed by atoms with Crippen LogP contribution in [0.2, 0.25) is 0 Å². The molecule has 0 aliphatic heterocycles. The highest BCUT2D eigenvalue weighted by molar-refractivity contribution is 5.75. The van der Waals surface area contributed by atoms with Gasteiger partial charge in [-0.05, 0) is 26.8 Å². The van der Waals surface area contributed by atoms with Crippen molar-refractivity contribution in [1.82, 2.24) is 15.2 Å². The Balaban J connectivity index is 2.31. The van der Waals surface area contributed by atoms with E-state index < -0.39 is 11.7 Å². The van der Waals surface area contributed by atoms with Crippen LogP contribution < -0.4 is 21.9 Å². The van der Waals surface area contributed by atoms with Crippen molar-refractivity contribution < 1.29 is 14.3 Å². The number of nitrogens with zero attached hydrogens (tertiary/aromatic N) is 1. The van der Waals surface area contributed by atoms with Gasteiger partial charge in [0.2, 0.25) is 5.91 Å². The Morgan fingerprint density at radius 1 is 1.23 bits per heavy atom. The van der Waals surface area contributed by atoms with E-state index in [0.717, 1.165) is 0 Å². The number of carbonyl (C=O) groups excluding carboxylic acids is 2. The van der Waals surface area contributed by atoms with E-state index in [-0.39, 0.29) is 31.1 Å². The van der Waals surface area contributed by atoms with E-state index in [4.69, 9.17) is 10.5 Å². The Morgan fingerprint density at radius 2 is 1.86 bits per heavy atom. The van der Waals surface area contributed by atoms with Crippen molar-refractivity contribution in [2.45, 2.75) is 32.9 Å². The zero-order valence-electron chi connectivity index (χ0n) is 13.0. The molecular weight excluding hydrogens is 288 g/mol. The van der Waals surface area contributed by atoms with Crippen molar-refractivity contribution in [2.75, 3.05) is 18.8 Å². The maximum absolute atomic E-state index is 11.7. The summed E-state index contributed by atoms with van der Waals surface area (Å²) in [5.41, 5.74) is 5.08. The molecule has 2 amide bonds. The zero-order valence-corrected chi connectivity index (χ0v) is 13.0. The van der Waals surface area contributed by atoms with Gasteiger partial charge in [-0.1, -0.05) is 0 Å². The van der Waals surface area contributed by atoms with Crippen molar-refractivity contribution in [1.29, 1.82) is 0 Å². The summed E-state index contributed by atoms with van der Waals surface area (Å²) in [7, 11) is 0. The lowest BCUT2D eigenvalue weighted by Gasteiger charge is -2.19. The Kier molecular flexibility index (Phi) is 5.97. The van der Waals surface area contributed by atoms with Crippen molar-refractivity contribution in [2.24, 2.45) is 0 Å². The van der Waals surface area contributed by atoms with Crippen LogP contribution in [0.25, 0.3) is 0 Å². The summed E-state index contributed by atoms with van der Waals surface area (Å²) >= 11 is 0. The minimum Gasteiger partial charge on any atom is -0.444 e. The third-order valence-electron chi connectivity index (χ3n) is 2.44. The van der Waals surface area contributed by atoms with Crippen LogP contribution in [-0.2, 0) is 16.1 Å². The molecule has 122 valence electrons. The highest BCUT2D eigenvalue weighted by Crippen LogP contribution is 2.05. The van der Waals surface area contributed by atoms with Gasteiger partial charge in [0.1, 0.15) is 12.1 Å². The minimum absolute atomic E-state index is 0.129. The van der Waals surface area contributed by atoms with Crippen LogP contribution in [-0.4, -0.2) is 35.3 Å². The monoisotopic (exact) mass is 310 g/mol. The van der Waals surface area contributed by atoms with Gasteiger partial charge in [0.05, 0.1) is 0 Å². The molecule has 0 bridgehead atoms. The lowest BCUT2D eigenvalue weighted by Crippen LogP contribution is -2.39. The Hall–Kier alpha value is -2.51. The highest BCUT2D eigenvalue weighted by atomic mass is 16.6. The SMILES string of the molecule is CC(C)(C)OC(=O)NCCNC(=O)Cn1cc(N)ccc1=O. The molecule has 0 aliphatic carbocycles. The predicted octanol–water partition coefficient (Wildman–Crippen LogP) is 0.0714. The molecule has 0 aromatic carbocycles. The first-order valence-electron chi connectivity index (χ1n) is 6.87. The molecule has 8 nitrogen and oxygen atoms in total. The van der Waals surface area contributed by atoms with E-state index in [9.17, 15) is 14.4 Å². The van der Waals surface area contributed by atoms with E-state index >= 15 is 0 Å². The molecule has 0 spiro atoms. The number of nitrogen functional groups attached to an aromatic ring is 1. The number of alkyl carbamates (subject to hydrolysis) is 1. The van der Waals surface area contributed by atoms with E-state index in [1.165, 1.54) is 22.9 Å². The van der Waals surface area contributed by atoms with E-state index in [0.29, 0.717) is 5.69 Å². The molecule has 0 aliphatic rings. The second-order valence-corrected chi connectivity index (χ2v) is 5.71. The molecule has 0 saturated carbocycles. The van der Waals surface area contributed by atoms with Crippen molar-refractivity contribution >= 4 is 17.7 Å². The Bertz CT molecular complexity index is 589. The largest absolute Gasteiger partial charge is 0.444 e. The fourth-order valence-electron chi connectivity index (χ4n) is 1.56. The topological polar surface area (TPSA) is 115 Å². The van der Waals surface area contributed by atoms with E-state index in [2.05, 4.69) is 10.6 Å². The fraction of sp³-hybridized carbons (Fsp3) is 0.500. The van der Waals surface area contributed by atoms with Crippen LogP contribution in [0.1, 0.15) is 20.8 Å². The fourth-order valence-corrected chi connectivity index (χ4v) is 1.56. The number of pyridine rings is 1. The first-order valence-corrected chi connectivity index (χ1v) is 6.87. The normalized spacial score (nSPS) is 10.9.